The normalized spacial score (nSPS) is 13.2. The predicted octanol–water partition coefficient (Wildman–Crippen LogP) is 4.62. The summed E-state index contributed by atoms with van der Waals surface area (Å²) < 4.78 is 11.3. The number of carbonyl (C=O) groups excluding carboxylic acids is 2. The molecule has 172 valence electrons. The van der Waals surface area contributed by atoms with Gasteiger partial charge in [-0.15, -0.1) is 11.3 Å². The molecule has 7 nitrogen and oxygen atoms in total. The van der Waals surface area contributed by atoms with Crippen LogP contribution in [0.2, 0.25) is 5.02 Å². The number of nitrogens with one attached hydrogen (secondary N) is 3. The minimum absolute atomic E-state index is 0.197. The van der Waals surface area contributed by atoms with Gasteiger partial charge in [0.05, 0.1) is 12.1 Å². The van der Waals surface area contributed by atoms with Crippen LogP contribution in [0.15, 0.2) is 36.4 Å². The summed E-state index contributed by atoms with van der Waals surface area (Å²) in [4.78, 5) is 24.6. The van der Waals surface area contributed by atoms with Crippen molar-refractivity contribution in [2.24, 2.45) is 0 Å². The van der Waals surface area contributed by atoms with Crippen LogP contribution in [0.1, 0.15) is 34.1 Å². The van der Waals surface area contributed by atoms with Crippen molar-refractivity contribution in [2.45, 2.75) is 32.3 Å². The number of methoxy groups -OCH3 is 1. The zero-order valence-corrected chi connectivity index (χ0v) is 20.4. The number of esters is 1. The van der Waals surface area contributed by atoms with Gasteiger partial charge in [0.1, 0.15) is 10.6 Å². The molecule has 1 aliphatic carbocycles. The van der Waals surface area contributed by atoms with Gasteiger partial charge in [0.2, 0.25) is 0 Å². The number of thiocarbonyl (C=S) groups is 1. The van der Waals surface area contributed by atoms with Gasteiger partial charge < -0.3 is 14.8 Å². The molecule has 3 aromatic rings. The molecule has 3 N–H and O–H groups in total. The Hall–Kier alpha value is -2.88. The highest BCUT2D eigenvalue weighted by Gasteiger charge is 2.19. The molecule has 33 heavy (non-hydrogen) atoms. The molecule has 0 bridgehead atoms. The van der Waals surface area contributed by atoms with Gasteiger partial charge >= 0.3 is 5.97 Å². The van der Waals surface area contributed by atoms with Crippen molar-refractivity contribution in [3.63, 3.8) is 0 Å². The standard InChI is InChI=1S/C23H22ClN3O4S2/c1-12(31-16-8-6-13-4-3-5-14(13)10-16)21(28)26-27-23(32)25-15-7-9-17-18(11-15)33-20(19(17)24)22(29)30-2/h6-12H,3-5H2,1-2H3,(H,26,28)(H2,25,27,32)/t12-/m0/s1. The maximum absolute atomic E-state index is 12.4. The highest BCUT2D eigenvalue weighted by atomic mass is 35.5. The first-order chi connectivity index (χ1) is 15.9. The average molecular weight is 504 g/mol. The minimum atomic E-state index is -0.707. The SMILES string of the molecule is COC(=O)c1sc2cc(NC(=S)NNC(=O)[C@H](C)Oc3ccc4c(c3)CCC4)ccc2c1Cl. The fourth-order valence-electron chi connectivity index (χ4n) is 3.63. The molecule has 1 atom stereocenters. The third kappa shape index (κ3) is 5.21. The molecular weight excluding hydrogens is 482 g/mol. The minimum Gasteiger partial charge on any atom is -0.481 e. The molecule has 1 aliphatic rings. The number of ether oxygens (including phenoxy) is 2. The summed E-state index contributed by atoms with van der Waals surface area (Å²) >= 11 is 12.8. The summed E-state index contributed by atoms with van der Waals surface area (Å²) in [5.41, 5.74) is 8.53. The Balaban J connectivity index is 1.31. The highest BCUT2D eigenvalue weighted by Crippen LogP contribution is 2.37. The zero-order valence-electron chi connectivity index (χ0n) is 18.0. The fraction of sp³-hybridized carbons (Fsp3) is 0.261. The highest BCUT2D eigenvalue weighted by molar-refractivity contribution is 7.80. The van der Waals surface area contributed by atoms with Gasteiger partial charge in [0.25, 0.3) is 5.91 Å². The number of carbonyl (C=O) groups is 2. The lowest BCUT2D eigenvalue weighted by Crippen LogP contribution is -2.48. The molecule has 10 heteroatoms. The van der Waals surface area contributed by atoms with Crippen molar-refractivity contribution < 1.29 is 19.1 Å². The smallest absolute Gasteiger partial charge is 0.349 e. The van der Waals surface area contributed by atoms with E-state index in [1.54, 1.807) is 19.1 Å². The van der Waals surface area contributed by atoms with E-state index in [4.69, 9.17) is 33.3 Å². The maximum Gasteiger partial charge on any atom is 0.349 e. The van der Waals surface area contributed by atoms with Gasteiger partial charge in [-0.1, -0.05) is 17.7 Å². The van der Waals surface area contributed by atoms with Crippen LogP contribution in [-0.4, -0.2) is 30.2 Å². The molecule has 0 saturated heterocycles. The number of hydrogen-bond acceptors (Lipinski definition) is 6. The molecule has 0 fully saturated rings. The third-order valence-corrected chi connectivity index (χ3v) is 7.15. The van der Waals surface area contributed by atoms with Crippen LogP contribution in [0.3, 0.4) is 0 Å². The van der Waals surface area contributed by atoms with Crippen molar-refractivity contribution in [3.05, 3.63) is 57.4 Å². The van der Waals surface area contributed by atoms with Gasteiger partial charge in [0, 0.05) is 15.8 Å². The van der Waals surface area contributed by atoms with E-state index in [2.05, 4.69) is 22.2 Å². The summed E-state index contributed by atoms with van der Waals surface area (Å²) in [6.07, 6.45) is 2.59. The largest absolute Gasteiger partial charge is 0.481 e. The lowest BCUT2D eigenvalue weighted by molar-refractivity contribution is -0.127. The van der Waals surface area contributed by atoms with Crippen molar-refractivity contribution in [2.75, 3.05) is 12.4 Å². The number of halogens is 1. The van der Waals surface area contributed by atoms with E-state index in [0.717, 1.165) is 29.3 Å². The average Bonchev–Trinajstić information content (AvgIpc) is 3.40. The van der Waals surface area contributed by atoms with Crippen molar-refractivity contribution in [1.82, 2.24) is 10.9 Å². The molecule has 0 spiro atoms. The summed E-state index contributed by atoms with van der Waals surface area (Å²) in [6.45, 7) is 1.67. The first kappa shape index (κ1) is 23.3. The Kier molecular flexibility index (Phi) is 7.02. The van der Waals surface area contributed by atoms with Gasteiger partial charge in [0.15, 0.2) is 11.2 Å². The first-order valence-corrected chi connectivity index (χ1v) is 11.9. The molecule has 0 radical (unpaired) electrons. The molecule has 1 aromatic heterocycles. The van der Waals surface area contributed by atoms with Crippen molar-refractivity contribution in [1.29, 1.82) is 0 Å². The maximum atomic E-state index is 12.4. The van der Waals surface area contributed by atoms with Gasteiger partial charge in [-0.25, -0.2) is 4.79 Å². The van der Waals surface area contributed by atoms with Gasteiger partial charge in [-0.2, -0.15) is 0 Å². The number of hydrazine groups is 1. The summed E-state index contributed by atoms with van der Waals surface area (Å²) in [5, 5.41) is 4.30. The third-order valence-electron chi connectivity index (χ3n) is 5.31. The number of benzene rings is 2. The Labute approximate surface area is 205 Å². The second-order valence-corrected chi connectivity index (χ2v) is 9.40. The Bertz CT molecular complexity index is 1240. The molecule has 0 aliphatic heterocycles. The predicted molar refractivity (Wildman–Crippen MR) is 134 cm³/mol. The van der Waals surface area contributed by atoms with Crippen molar-refractivity contribution in [3.8, 4) is 5.75 Å². The van der Waals surface area contributed by atoms with E-state index in [1.165, 1.54) is 29.6 Å². The summed E-state index contributed by atoms with van der Waals surface area (Å²) in [7, 11) is 1.31. The number of rotatable bonds is 5. The zero-order chi connectivity index (χ0) is 23.5. The number of thiophene rings is 1. The number of anilines is 1. The molecule has 1 amide bonds. The number of fused-ring (bicyclic) bond motifs is 2. The summed E-state index contributed by atoms with van der Waals surface area (Å²) in [5.74, 6) is -0.164. The van der Waals surface area contributed by atoms with E-state index >= 15 is 0 Å². The number of hydrogen-bond donors (Lipinski definition) is 3. The van der Waals surface area contributed by atoms with E-state index in [1.807, 2.05) is 18.2 Å². The van der Waals surface area contributed by atoms with E-state index in [-0.39, 0.29) is 11.0 Å². The van der Waals surface area contributed by atoms with Crippen LogP contribution >= 0.6 is 35.2 Å². The van der Waals surface area contributed by atoms with E-state index in [9.17, 15) is 9.59 Å². The first-order valence-electron chi connectivity index (χ1n) is 10.3. The van der Waals surface area contributed by atoms with Crippen LogP contribution in [0.4, 0.5) is 5.69 Å². The van der Waals surface area contributed by atoms with Crippen LogP contribution in [0.25, 0.3) is 10.1 Å². The second kappa shape index (κ2) is 9.94. The molecular formula is C23H22ClN3O4S2. The Morgan fingerprint density at radius 1 is 1.12 bits per heavy atom. The Morgan fingerprint density at radius 2 is 1.91 bits per heavy atom. The van der Waals surface area contributed by atoms with Crippen LogP contribution in [-0.2, 0) is 22.4 Å². The number of aryl methyl sites for hydroxylation is 2. The van der Waals surface area contributed by atoms with Gasteiger partial charge in [-0.05, 0) is 79.9 Å². The quantitative estimate of drug-likeness (QED) is 0.266. The molecule has 2 aromatic carbocycles. The fourth-order valence-corrected chi connectivity index (χ4v) is 5.26. The van der Waals surface area contributed by atoms with Crippen LogP contribution < -0.4 is 20.9 Å². The van der Waals surface area contributed by atoms with Crippen molar-refractivity contribution >= 4 is 67.9 Å². The molecule has 0 unspecified atom stereocenters. The summed E-state index contributed by atoms with van der Waals surface area (Å²) in [6, 6.07) is 11.3. The van der Waals surface area contributed by atoms with E-state index in [0.29, 0.717) is 21.3 Å². The molecule has 1 heterocycles. The van der Waals surface area contributed by atoms with Crippen LogP contribution in [0.5, 0.6) is 5.75 Å². The van der Waals surface area contributed by atoms with Gasteiger partial charge in [-0.3, -0.25) is 15.6 Å². The second-order valence-electron chi connectivity index (χ2n) is 7.56. The number of amides is 1. The van der Waals surface area contributed by atoms with Crippen LogP contribution in [0, 0.1) is 0 Å². The monoisotopic (exact) mass is 503 g/mol. The molecule has 0 saturated carbocycles. The lowest BCUT2D eigenvalue weighted by atomic mass is 10.1. The van der Waals surface area contributed by atoms with E-state index < -0.39 is 12.1 Å². The molecule has 4 rings (SSSR count). The topological polar surface area (TPSA) is 88.7 Å². The lowest BCUT2D eigenvalue weighted by Gasteiger charge is -2.17. The Morgan fingerprint density at radius 3 is 2.70 bits per heavy atom.